The molecule has 0 saturated carbocycles. The van der Waals surface area contributed by atoms with Crippen molar-refractivity contribution >= 4 is 28.6 Å². The molecule has 0 aliphatic heterocycles. The fourth-order valence-corrected chi connectivity index (χ4v) is 2.03. The highest BCUT2D eigenvalue weighted by Gasteiger charge is 2.12. The molecule has 0 unspecified atom stereocenters. The zero-order valence-corrected chi connectivity index (χ0v) is 11.7. The van der Waals surface area contributed by atoms with E-state index in [0.29, 0.717) is 16.8 Å². The minimum Gasteiger partial charge on any atom is -0.354 e. The molecule has 2 aromatic heterocycles. The van der Waals surface area contributed by atoms with Gasteiger partial charge in [0.2, 0.25) is 5.95 Å². The fraction of sp³-hybridized carbons (Fsp3) is 0.231. The summed E-state index contributed by atoms with van der Waals surface area (Å²) in [6, 6.07) is 7.65. The van der Waals surface area contributed by atoms with Crippen LogP contribution < -0.4 is 5.32 Å². The van der Waals surface area contributed by atoms with Crippen molar-refractivity contribution in [2.75, 3.05) is 11.9 Å². The molecular formula is C13H13ClN6. The monoisotopic (exact) mass is 288 g/mol. The van der Waals surface area contributed by atoms with Crippen LogP contribution in [0.3, 0.4) is 0 Å². The molecular weight excluding hydrogens is 276 g/mol. The van der Waals surface area contributed by atoms with E-state index in [0.717, 1.165) is 24.0 Å². The summed E-state index contributed by atoms with van der Waals surface area (Å²) in [7, 11) is 0. The van der Waals surface area contributed by atoms with Gasteiger partial charge in [-0.25, -0.2) is 4.98 Å². The number of fused-ring (bicyclic) bond motifs is 1. The molecule has 0 atom stereocenters. The molecule has 3 rings (SSSR count). The molecule has 0 fully saturated rings. The van der Waals surface area contributed by atoms with Gasteiger partial charge in [-0.15, -0.1) is 5.10 Å². The third kappa shape index (κ3) is 2.30. The van der Waals surface area contributed by atoms with Crippen molar-refractivity contribution in [3.05, 3.63) is 35.5 Å². The summed E-state index contributed by atoms with van der Waals surface area (Å²) in [5.41, 5.74) is 1.65. The standard InChI is InChI=1S/C13H13ClN6/c1-2-7-15-13-16-8-9(14)12(17-13)20-11-6-4-3-5-10(11)18-19-20/h3-6,8H,2,7H2,1H3,(H,15,16,17). The van der Waals surface area contributed by atoms with Crippen LogP contribution in [0.15, 0.2) is 30.5 Å². The van der Waals surface area contributed by atoms with Gasteiger partial charge in [0.05, 0.1) is 11.7 Å². The van der Waals surface area contributed by atoms with E-state index < -0.39 is 0 Å². The van der Waals surface area contributed by atoms with E-state index >= 15 is 0 Å². The second-order valence-electron chi connectivity index (χ2n) is 4.28. The van der Waals surface area contributed by atoms with Crippen LogP contribution in [0.4, 0.5) is 5.95 Å². The van der Waals surface area contributed by atoms with Crippen molar-refractivity contribution in [1.82, 2.24) is 25.0 Å². The third-order valence-electron chi connectivity index (χ3n) is 2.81. The maximum Gasteiger partial charge on any atom is 0.224 e. The Morgan fingerprint density at radius 3 is 3.00 bits per heavy atom. The molecule has 0 saturated heterocycles. The number of hydrogen-bond acceptors (Lipinski definition) is 5. The number of hydrogen-bond donors (Lipinski definition) is 1. The Morgan fingerprint density at radius 1 is 1.30 bits per heavy atom. The van der Waals surface area contributed by atoms with Gasteiger partial charge in [-0.05, 0) is 18.6 Å². The number of benzene rings is 1. The van der Waals surface area contributed by atoms with Crippen molar-refractivity contribution in [3.63, 3.8) is 0 Å². The van der Waals surface area contributed by atoms with Gasteiger partial charge in [0, 0.05) is 6.54 Å². The summed E-state index contributed by atoms with van der Waals surface area (Å²) in [6.07, 6.45) is 2.56. The molecule has 0 spiro atoms. The molecule has 1 N–H and O–H groups in total. The Labute approximate surface area is 120 Å². The van der Waals surface area contributed by atoms with Crippen LogP contribution in [0.2, 0.25) is 5.02 Å². The zero-order chi connectivity index (χ0) is 13.9. The van der Waals surface area contributed by atoms with Crippen LogP contribution in [0.25, 0.3) is 16.9 Å². The first-order valence-corrected chi connectivity index (χ1v) is 6.74. The molecule has 0 amide bonds. The molecule has 6 nitrogen and oxygen atoms in total. The number of rotatable bonds is 4. The van der Waals surface area contributed by atoms with Gasteiger partial charge in [-0.2, -0.15) is 9.67 Å². The number of nitrogens with zero attached hydrogens (tertiary/aromatic N) is 5. The molecule has 2 heterocycles. The Hall–Kier alpha value is -2.21. The first-order valence-electron chi connectivity index (χ1n) is 6.37. The number of nitrogens with one attached hydrogen (secondary N) is 1. The van der Waals surface area contributed by atoms with E-state index in [4.69, 9.17) is 11.6 Å². The topological polar surface area (TPSA) is 68.5 Å². The normalized spacial score (nSPS) is 10.9. The number of anilines is 1. The lowest BCUT2D eigenvalue weighted by molar-refractivity contribution is 0.796. The van der Waals surface area contributed by atoms with Gasteiger partial charge < -0.3 is 5.32 Å². The lowest BCUT2D eigenvalue weighted by atomic mass is 10.3. The summed E-state index contributed by atoms with van der Waals surface area (Å²) in [6.45, 7) is 2.88. The molecule has 102 valence electrons. The van der Waals surface area contributed by atoms with E-state index in [-0.39, 0.29) is 0 Å². The molecule has 7 heteroatoms. The third-order valence-corrected chi connectivity index (χ3v) is 3.08. The van der Waals surface area contributed by atoms with E-state index in [9.17, 15) is 0 Å². The van der Waals surface area contributed by atoms with E-state index in [2.05, 4.69) is 32.5 Å². The average Bonchev–Trinajstić information content (AvgIpc) is 2.90. The Bertz CT molecular complexity index is 739. The molecule has 0 bridgehead atoms. The average molecular weight is 289 g/mol. The van der Waals surface area contributed by atoms with Gasteiger partial charge in [-0.1, -0.05) is 35.9 Å². The van der Waals surface area contributed by atoms with Crippen molar-refractivity contribution in [1.29, 1.82) is 0 Å². The predicted octanol–water partition coefficient (Wildman–Crippen LogP) is 2.69. The van der Waals surface area contributed by atoms with Gasteiger partial charge in [0.1, 0.15) is 10.5 Å². The number of aromatic nitrogens is 5. The lowest BCUT2D eigenvalue weighted by Gasteiger charge is -2.07. The Kier molecular flexibility index (Phi) is 3.47. The fourth-order valence-electron chi connectivity index (χ4n) is 1.85. The summed E-state index contributed by atoms with van der Waals surface area (Å²) in [5.74, 6) is 1.06. The maximum absolute atomic E-state index is 6.18. The van der Waals surface area contributed by atoms with Gasteiger partial charge in [-0.3, -0.25) is 0 Å². The maximum atomic E-state index is 6.18. The van der Waals surface area contributed by atoms with Crippen LogP contribution in [-0.2, 0) is 0 Å². The molecule has 0 radical (unpaired) electrons. The van der Waals surface area contributed by atoms with Crippen LogP contribution >= 0.6 is 11.6 Å². The molecule has 1 aromatic carbocycles. The van der Waals surface area contributed by atoms with Crippen molar-refractivity contribution < 1.29 is 0 Å². The van der Waals surface area contributed by atoms with Gasteiger partial charge in [0.15, 0.2) is 5.82 Å². The van der Waals surface area contributed by atoms with E-state index in [1.807, 2.05) is 24.3 Å². The van der Waals surface area contributed by atoms with Crippen LogP contribution in [0.1, 0.15) is 13.3 Å². The molecule has 0 aliphatic carbocycles. The highest BCUT2D eigenvalue weighted by molar-refractivity contribution is 6.32. The second kappa shape index (κ2) is 5.42. The highest BCUT2D eigenvalue weighted by atomic mass is 35.5. The van der Waals surface area contributed by atoms with Crippen molar-refractivity contribution in [3.8, 4) is 5.82 Å². The first kappa shape index (κ1) is 12.8. The minimum atomic E-state index is 0.433. The van der Waals surface area contributed by atoms with Gasteiger partial charge in [0.25, 0.3) is 0 Å². The zero-order valence-electron chi connectivity index (χ0n) is 10.9. The van der Waals surface area contributed by atoms with Crippen LogP contribution in [0.5, 0.6) is 0 Å². The Morgan fingerprint density at radius 2 is 2.15 bits per heavy atom. The lowest BCUT2D eigenvalue weighted by Crippen LogP contribution is -2.08. The van der Waals surface area contributed by atoms with Gasteiger partial charge >= 0.3 is 0 Å². The summed E-state index contributed by atoms with van der Waals surface area (Å²) >= 11 is 6.18. The van der Waals surface area contributed by atoms with E-state index in [1.165, 1.54) is 0 Å². The smallest absolute Gasteiger partial charge is 0.224 e. The summed E-state index contributed by atoms with van der Waals surface area (Å²) in [4.78, 5) is 8.56. The largest absolute Gasteiger partial charge is 0.354 e. The summed E-state index contributed by atoms with van der Waals surface area (Å²) < 4.78 is 1.62. The second-order valence-corrected chi connectivity index (χ2v) is 4.69. The highest BCUT2D eigenvalue weighted by Crippen LogP contribution is 2.21. The van der Waals surface area contributed by atoms with Crippen molar-refractivity contribution in [2.24, 2.45) is 0 Å². The van der Waals surface area contributed by atoms with Crippen molar-refractivity contribution in [2.45, 2.75) is 13.3 Å². The SMILES string of the molecule is CCCNc1ncc(Cl)c(-n2nnc3ccccc32)n1. The van der Waals surface area contributed by atoms with E-state index in [1.54, 1.807) is 10.9 Å². The predicted molar refractivity (Wildman–Crippen MR) is 78.2 cm³/mol. The number of halogens is 1. The Balaban J connectivity index is 2.08. The summed E-state index contributed by atoms with van der Waals surface area (Å²) in [5, 5.41) is 11.8. The van der Waals surface area contributed by atoms with Crippen LogP contribution in [0, 0.1) is 0 Å². The first-order chi connectivity index (χ1) is 9.79. The molecule has 0 aliphatic rings. The molecule has 20 heavy (non-hydrogen) atoms. The van der Waals surface area contributed by atoms with Crippen LogP contribution in [-0.4, -0.2) is 31.5 Å². The molecule has 3 aromatic rings. The minimum absolute atomic E-state index is 0.433. The quantitative estimate of drug-likeness (QED) is 0.799. The number of para-hydroxylation sites is 1.